The summed E-state index contributed by atoms with van der Waals surface area (Å²) in [4.78, 5) is 9.49. The molecule has 64 valence electrons. The Morgan fingerprint density at radius 2 is 2.58 bits per heavy atom. The fourth-order valence-corrected chi connectivity index (χ4v) is 1.82. The summed E-state index contributed by atoms with van der Waals surface area (Å²) in [5.74, 6) is 0. The molecule has 1 aromatic rings. The molecule has 12 heavy (non-hydrogen) atoms. The minimum atomic E-state index is 0.0628. The summed E-state index contributed by atoms with van der Waals surface area (Å²) < 4.78 is 0. The van der Waals surface area contributed by atoms with Gasteiger partial charge in [-0.25, -0.2) is 9.98 Å². The Kier molecular flexibility index (Phi) is 3.53. The van der Waals surface area contributed by atoms with Crippen molar-refractivity contribution < 1.29 is 0 Å². The Balaban J connectivity index is 2.81. The molecule has 0 bridgehead atoms. The smallest absolute Gasteiger partial charge is 0.118 e. The summed E-state index contributed by atoms with van der Waals surface area (Å²) in [6.07, 6.45) is 2.93. The zero-order valence-electron chi connectivity index (χ0n) is 7.07. The molecule has 1 atom stereocenters. The van der Waals surface area contributed by atoms with Gasteiger partial charge in [-0.1, -0.05) is 6.92 Å². The first-order valence-electron chi connectivity index (χ1n) is 3.79. The van der Waals surface area contributed by atoms with Crippen molar-refractivity contribution in [3.63, 3.8) is 0 Å². The van der Waals surface area contributed by atoms with Gasteiger partial charge in [0.15, 0.2) is 0 Å². The summed E-state index contributed by atoms with van der Waals surface area (Å²) in [6, 6.07) is 0.0628. The minimum Gasteiger partial charge on any atom is -0.247 e. The molecule has 2 nitrogen and oxygen atoms in total. The van der Waals surface area contributed by atoms with Gasteiger partial charge in [-0.3, -0.25) is 0 Å². The highest BCUT2D eigenvalue weighted by Crippen LogP contribution is 2.22. The van der Waals surface area contributed by atoms with E-state index in [0.29, 0.717) is 0 Å². The summed E-state index contributed by atoms with van der Waals surface area (Å²) in [7, 11) is 0. The molecular formula is C8H10N2S2. The molecule has 0 aliphatic carbocycles. The summed E-state index contributed by atoms with van der Waals surface area (Å²) >= 11 is 6.21. The van der Waals surface area contributed by atoms with Crippen molar-refractivity contribution in [1.29, 1.82) is 0 Å². The molecule has 0 amide bonds. The lowest BCUT2D eigenvalue weighted by Crippen LogP contribution is -1.85. The van der Waals surface area contributed by atoms with E-state index < -0.39 is 0 Å². The van der Waals surface area contributed by atoms with Gasteiger partial charge in [0.25, 0.3) is 0 Å². The van der Waals surface area contributed by atoms with Crippen LogP contribution in [-0.4, -0.2) is 10.1 Å². The maximum absolute atomic E-state index is 4.52. The van der Waals surface area contributed by atoms with Crippen molar-refractivity contribution in [1.82, 2.24) is 4.98 Å². The lowest BCUT2D eigenvalue weighted by Gasteiger charge is -1.95. The molecular weight excluding hydrogens is 188 g/mol. The second kappa shape index (κ2) is 4.45. The number of thiocarbonyl (C=S) groups is 1. The summed E-state index contributed by atoms with van der Waals surface area (Å²) in [6.45, 7) is 4.09. The third kappa shape index (κ3) is 2.21. The van der Waals surface area contributed by atoms with Gasteiger partial charge in [0.1, 0.15) is 11.0 Å². The molecule has 1 rings (SSSR count). The molecule has 0 fully saturated rings. The first kappa shape index (κ1) is 9.52. The standard InChI is InChI=1S/C8H10N2S2/c1-3-7-4-9-8(12-7)6(2)10-5-11/h4,6H,3H2,1-2H3. The van der Waals surface area contributed by atoms with Gasteiger partial charge in [0.05, 0.1) is 5.16 Å². The number of aliphatic imine (C=N–C) groups is 1. The van der Waals surface area contributed by atoms with Crippen molar-refractivity contribution in [3.05, 3.63) is 16.1 Å². The fourth-order valence-electron chi connectivity index (χ4n) is 0.814. The molecule has 0 aromatic carbocycles. The Morgan fingerprint density at radius 1 is 1.83 bits per heavy atom. The van der Waals surface area contributed by atoms with Crippen molar-refractivity contribution in [2.24, 2.45) is 4.99 Å². The average molecular weight is 198 g/mol. The van der Waals surface area contributed by atoms with Crippen LogP contribution in [-0.2, 0) is 6.42 Å². The van der Waals surface area contributed by atoms with Crippen LogP contribution in [0.1, 0.15) is 29.8 Å². The molecule has 0 aliphatic heterocycles. The average Bonchev–Trinajstić information content (AvgIpc) is 2.52. The maximum Gasteiger partial charge on any atom is 0.118 e. The number of rotatable bonds is 3. The number of aromatic nitrogens is 1. The predicted molar refractivity (Wildman–Crippen MR) is 54.9 cm³/mol. The van der Waals surface area contributed by atoms with Crippen LogP contribution >= 0.6 is 23.6 Å². The lowest BCUT2D eigenvalue weighted by atomic mass is 10.4. The zero-order chi connectivity index (χ0) is 8.97. The third-order valence-corrected chi connectivity index (χ3v) is 2.94. The molecule has 0 aliphatic rings. The van der Waals surface area contributed by atoms with Crippen LogP contribution in [0.15, 0.2) is 11.2 Å². The highest BCUT2D eigenvalue weighted by atomic mass is 32.1. The number of aryl methyl sites for hydroxylation is 1. The number of nitrogens with zero attached hydrogens (tertiary/aromatic N) is 2. The van der Waals surface area contributed by atoms with E-state index >= 15 is 0 Å². The summed E-state index contributed by atoms with van der Waals surface area (Å²) in [5.41, 5.74) is 0. The van der Waals surface area contributed by atoms with Crippen LogP contribution in [0.5, 0.6) is 0 Å². The quantitative estimate of drug-likeness (QED) is 0.551. The van der Waals surface area contributed by atoms with E-state index in [0.717, 1.165) is 11.4 Å². The predicted octanol–water partition coefficient (Wildman–Crippen LogP) is 2.87. The van der Waals surface area contributed by atoms with Gasteiger partial charge in [0.2, 0.25) is 0 Å². The van der Waals surface area contributed by atoms with Gasteiger partial charge < -0.3 is 0 Å². The second-order valence-electron chi connectivity index (χ2n) is 2.41. The highest BCUT2D eigenvalue weighted by Gasteiger charge is 2.07. The number of thiazole rings is 1. The van der Waals surface area contributed by atoms with E-state index in [1.165, 1.54) is 4.88 Å². The molecule has 1 heterocycles. The van der Waals surface area contributed by atoms with Gasteiger partial charge >= 0.3 is 0 Å². The molecule has 1 unspecified atom stereocenters. The van der Waals surface area contributed by atoms with Crippen molar-refractivity contribution >= 4 is 28.7 Å². The SMILES string of the molecule is CCc1cnc(C(C)N=C=S)s1. The van der Waals surface area contributed by atoms with Crippen molar-refractivity contribution in [3.8, 4) is 0 Å². The first-order chi connectivity index (χ1) is 5.77. The fraction of sp³-hybridized carbons (Fsp3) is 0.500. The molecule has 1 aromatic heterocycles. The Hall–Kier alpha value is -0.570. The lowest BCUT2D eigenvalue weighted by molar-refractivity contribution is 0.816. The van der Waals surface area contributed by atoms with Crippen molar-refractivity contribution in [2.75, 3.05) is 0 Å². The monoisotopic (exact) mass is 198 g/mol. The number of hydrogen-bond donors (Lipinski definition) is 0. The third-order valence-electron chi connectivity index (χ3n) is 1.52. The molecule has 4 heteroatoms. The molecule has 0 radical (unpaired) electrons. The van der Waals surface area contributed by atoms with Crippen LogP contribution in [0.4, 0.5) is 0 Å². The van der Waals surface area contributed by atoms with Crippen molar-refractivity contribution in [2.45, 2.75) is 26.3 Å². The number of hydrogen-bond acceptors (Lipinski definition) is 4. The van der Waals surface area contributed by atoms with Gasteiger partial charge in [-0.2, -0.15) is 0 Å². The van der Waals surface area contributed by atoms with E-state index in [4.69, 9.17) is 0 Å². The van der Waals surface area contributed by atoms with Crippen LogP contribution in [0.3, 0.4) is 0 Å². The van der Waals surface area contributed by atoms with Crippen LogP contribution in [0.2, 0.25) is 0 Å². The molecule has 0 N–H and O–H groups in total. The normalized spacial score (nSPS) is 12.2. The molecule has 0 saturated carbocycles. The van der Waals surface area contributed by atoms with Gasteiger partial charge in [-0.05, 0) is 25.6 Å². The van der Waals surface area contributed by atoms with E-state index in [2.05, 4.69) is 34.3 Å². The topological polar surface area (TPSA) is 25.2 Å². The van der Waals surface area contributed by atoms with E-state index in [1.54, 1.807) is 11.3 Å². The molecule has 0 saturated heterocycles. The molecule has 0 spiro atoms. The van der Waals surface area contributed by atoms with Crippen LogP contribution in [0, 0.1) is 0 Å². The summed E-state index contributed by atoms with van der Waals surface area (Å²) in [5, 5.41) is 3.39. The largest absolute Gasteiger partial charge is 0.247 e. The highest BCUT2D eigenvalue weighted by molar-refractivity contribution is 7.78. The van der Waals surface area contributed by atoms with E-state index in [-0.39, 0.29) is 6.04 Å². The Morgan fingerprint density at radius 3 is 3.08 bits per heavy atom. The second-order valence-corrected chi connectivity index (χ2v) is 3.74. The van der Waals surface area contributed by atoms with E-state index in [9.17, 15) is 0 Å². The van der Waals surface area contributed by atoms with Gasteiger partial charge in [0, 0.05) is 11.1 Å². The van der Waals surface area contributed by atoms with Gasteiger partial charge in [-0.15, -0.1) is 11.3 Å². The van der Waals surface area contributed by atoms with E-state index in [1.807, 2.05) is 13.1 Å². The van der Waals surface area contributed by atoms with Crippen LogP contribution in [0.25, 0.3) is 0 Å². The zero-order valence-corrected chi connectivity index (χ0v) is 8.71. The number of isothiocyanates is 1. The Labute approximate surface area is 81.4 Å². The first-order valence-corrected chi connectivity index (χ1v) is 5.02. The Bertz CT molecular complexity index is 300. The minimum absolute atomic E-state index is 0.0628. The van der Waals surface area contributed by atoms with Crippen LogP contribution < -0.4 is 0 Å². The maximum atomic E-state index is 4.52.